The van der Waals surface area contributed by atoms with Gasteiger partial charge in [0.2, 0.25) is 5.76 Å². The molecule has 0 atom stereocenters. The first-order chi connectivity index (χ1) is 14.5. The normalized spacial score (nSPS) is 18.3. The number of hydrogen-bond acceptors (Lipinski definition) is 7. The van der Waals surface area contributed by atoms with Gasteiger partial charge in [-0.05, 0) is 50.1 Å². The molecule has 0 bridgehead atoms. The third-order valence-corrected chi connectivity index (χ3v) is 5.96. The highest BCUT2D eigenvalue weighted by molar-refractivity contribution is 6.04. The van der Waals surface area contributed by atoms with Crippen molar-refractivity contribution in [1.29, 1.82) is 5.26 Å². The Kier molecular flexibility index (Phi) is 5.91. The summed E-state index contributed by atoms with van der Waals surface area (Å²) < 4.78 is 5.28. The van der Waals surface area contributed by atoms with Crippen LogP contribution >= 0.6 is 0 Å². The Hall–Kier alpha value is -3.05. The summed E-state index contributed by atoms with van der Waals surface area (Å²) in [5.74, 6) is 2.31. The fourth-order valence-corrected chi connectivity index (χ4v) is 3.91. The van der Waals surface area contributed by atoms with Crippen molar-refractivity contribution >= 4 is 23.2 Å². The van der Waals surface area contributed by atoms with Gasteiger partial charge in [0.05, 0.1) is 5.69 Å². The first kappa shape index (κ1) is 20.2. The van der Waals surface area contributed by atoms with Gasteiger partial charge in [-0.25, -0.2) is 4.98 Å². The number of hydrogen-bond donors (Lipinski definition) is 1. The Balaban J connectivity index is 1.59. The van der Waals surface area contributed by atoms with Crippen molar-refractivity contribution in [3.8, 4) is 6.07 Å². The first-order valence-corrected chi connectivity index (χ1v) is 10.5. The molecule has 4 rings (SSSR count). The van der Waals surface area contributed by atoms with E-state index in [0.717, 1.165) is 63.7 Å². The molecule has 0 saturated carbocycles. The summed E-state index contributed by atoms with van der Waals surface area (Å²) in [6, 6.07) is 8.82. The molecule has 8 heteroatoms. The second-order valence-electron chi connectivity index (χ2n) is 8.23. The Bertz CT molecular complexity index is 933. The van der Waals surface area contributed by atoms with Crippen LogP contribution in [0.25, 0.3) is 0 Å². The number of furan rings is 1. The highest BCUT2D eigenvalue weighted by atomic mass is 16.3. The Morgan fingerprint density at radius 1 is 1.10 bits per heavy atom. The highest BCUT2D eigenvalue weighted by Gasteiger charge is 2.24. The minimum Gasteiger partial charge on any atom is -0.440 e. The summed E-state index contributed by atoms with van der Waals surface area (Å²) in [5, 5.41) is 11.9. The summed E-state index contributed by atoms with van der Waals surface area (Å²) >= 11 is 0. The average Bonchev–Trinajstić information content (AvgIpc) is 3.25. The molecule has 0 aromatic carbocycles. The van der Waals surface area contributed by atoms with Gasteiger partial charge in [-0.2, -0.15) is 5.26 Å². The molecule has 2 saturated heterocycles. The topological polar surface area (TPSA) is 88.6 Å². The quantitative estimate of drug-likeness (QED) is 0.832. The zero-order valence-corrected chi connectivity index (χ0v) is 17.6. The van der Waals surface area contributed by atoms with E-state index in [1.165, 1.54) is 12.1 Å². The van der Waals surface area contributed by atoms with E-state index in [-0.39, 0.29) is 17.4 Å². The molecule has 2 aliphatic rings. The van der Waals surface area contributed by atoms with Crippen LogP contribution in [-0.2, 0) is 0 Å². The van der Waals surface area contributed by atoms with Crippen molar-refractivity contribution in [1.82, 2.24) is 9.88 Å². The lowest BCUT2D eigenvalue weighted by Gasteiger charge is -2.35. The van der Waals surface area contributed by atoms with Crippen molar-refractivity contribution in [3.63, 3.8) is 0 Å². The number of likely N-dealkylation sites (N-methyl/N-ethyl adjacent to an activating group) is 1. The van der Waals surface area contributed by atoms with Crippen LogP contribution in [0.1, 0.15) is 36.1 Å². The molecule has 2 aliphatic heterocycles. The largest absolute Gasteiger partial charge is 0.440 e. The zero-order valence-electron chi connectivity index (χ0n) is 17.6. The number of carbonyl (C=O) groups excluding carboxylic acids is 1. The van der Waals surface area contributed by atoms with Gasteiger partial charge in [-0.3, -0.25) is 4.79 Å². The van der Waals surface area contributed by atoms with E-state index in [4.69, 9.17) is 14.7 Å². The molecule has 0 radical (unpaired) electrons. The van der Waals surface area contributed by atoms with Crippen LogP contribution in [0.15, 0.2) is 28.7 Å². The van der Waals surface area contributed by atoms with E-state index in [1.54, 1.807) is 0 Å². The van der Waals surface area contributed by atoms with Crippen molar-refractivity contribution in [2.24, 2.45) is 5.92 Å². The highest BCUT2D eigenvalue weighted by Crippen LogP contribution is 2.31. The van der Waals surface area contributed by atoms with Crippen molar-refractivity contribution in [3.05, 3.63) is 35.8 Å². The first-order valence-electron chi connectivity index (χ1n) is 10.5. The number of nitrogens with zero attached hydrogens (tertiary/aromatic N) is 5. The van der Waals surface area contributed by atoms with Gasteiger partial charge in [0.15, 0.2) is 11.6 Å². The van der Waals surface area contributed by atoms with Gasteiger partial charge >= 0.3 is 0 Å². The summed E-state index contributed by atoms with van der Waals surface area (Å²) in [6.45, 7) is 8.01. The Morgan fingerprint density at radius 3 is 2.50 bits per heavy atom. The van der Waals surface area contributed by atoms with Gasteiger partial charge in [0.1, 0.15) is 11.9 Å². The molecular formula is C22H28N6O2. The number of carbonyl (C=O) groups is 1. The predicted molar refractivity (Wildman–Crippen MR) is 116 cm³/mol. The molecule has 0 aliphatic carbocycles. The molecule has 1 N–H and O–H groups in total. The summed E-state index contributed by atoms with van der Waals surface area (Å²) in [5.41, 5.74) is 0.669. The molecule has 30 heavy (non-hydrogen) atoms. The third-order valence-electron chi connectivity index (χ3n) is 5.96. The molecule has 1 amide bonds. The fourth-order valence-electron chi connectivity index (χ4n) is 3.91. The second-order valence-corrected chi connectivity index (χ2v) is 8.23. The molecule has 8 nitrogen and oxygen atoms in total. The second kappa shape index (κ2) is 8.76. The van der Waals surface area contributed by atoms with Crippen molar-refractivity contribution < 1.29 is 9.21 Å². The number of aromatic nitrogens is 1. The Labute approximate surface area is 177 Å². The molecule has 158 valence electrons. The molecule has 2 fully saturated rings. The molecular weight excluding hydrogens is 380 g/mol. The van der Waals surface area contributed by atoms with Gasteiger partial charge in [0.25, 0.3) is 5.91 Å². The van der Waals surface area contributed by atoms with E-state index in [1.807, 2.05) is 18.2 Å². The van der Waals surface area contributed by atoms with Crippen LogP contribution in [0, 0.1) is 17.2 Å². The van der Waals surface area contributed by atoms with Crippen LogP contribution in [0.5, 0.6) is 0 Å². The summed E-state index contributed by atoms with van der Waals surface area (Å²) in [4.78, 5) is 24.5. The smallest absolute Gasteiger partial charge is 0.291 e. The van der Waals surface area contributed by atoms with Gasteiger partial charge in [-0.1, -0.05) is 6.92 Å². The minimum atomic E-state index is -0.378. The fraction of sp³-hybridized carbons (Fsp3) is 0.500. The van der Waals surface area contributed by atoms with Crippen LogP contribution < -0.4 is 15.1 Å². The standard InChI is InChI=1S/C22H28N6O2/c1-16-7-9-28(10-8-16)21-18(24-22(29)19-5-3-17(15-23)30-19)4-6-20(25-21)27-13-11-26(2)12-14-27/h3-6,16H,7-14H2,1-2H3,(H,24,29). The maximum atomic E-state index is 12.7. The van der Waals surface area contributed by atoms with Gasteiger partial charge in [0, 0.05) is 39.3 Å². The average molecular weight is 409 g/mol. The van der Waals surface area contributed by atoms with Crippen LogP contribution in [0.4, 0.5) is 17.3 Å². The maximum Gasteiger partial charge on any atom is 0.291 e. The number of anilines is 3. The SMILES string of the molecule is CC1CCN(c2nc(N3CCN(C)CC3)ccc2NC(=O)c2ccc(C#N)o2)CC1. The molecule has 0 spiro atoms. The van der Waals surface area contributed by atoms with E-state index in [0.29, 0.717) is 11.6 Å². The number of piperidine rings is 1. The lowest BCUT2D eigenvalue weighted by atomic mass is 9.99. The molecule has 0 unspecified atom stereocenters. The van der Waals surface area contributed by atoms with E-state index >= 15 is 0 Å². The van der Waals surface area contributed by atoms with Crippen molar-refractivity contribution in [2.75, 3.05) is 61.4 Å². The van der Waals surface area contributed by atoms with Crippen molar-refractivity contribution in [2.45, 2.75) is 19.8 Å². The third kappa shape index (κ3) is 4.41. The van der Waals surface area contributed by atoms with E-state index < -0.39 is 0 Å². The number of nitriles is 1. The molecule has 2 aromatic heterocycles. The van der Waals surface area contributed by atoms with Crippen LogP contribution in [0.2, 0.25) is 0 Å². The Morgan fingerprint density at radius 2 is 1.83 bits per heavy atom. The lowest BCUT2D eigenvalue weighted by Crippen LogP contribution is -2.45. The predicted octanol–water partition coefficient (Wildman–Crippen LogP) is 2.79. The van der Waals surface area contributed by atoms with E-state index in [9.17, 15) is 4.79 Å². The number of rotatable bonds is 4. The maximum absolute atomic E-state index is 12.7. The summed E-state index contributed by atoms with van der Waals surface area (Å²) in [6.07, 6.45) is 2.22. The van der Waals surface area contributed by atoms with E-state index in [2.05, 4.69) is 34.0 Å². The number of amides is 1. The zero-order chi connectivity index (χ0) is 21.1. The van der Waals surface area contributed by atoms with Gasteiger partial charge < -0.3 is 24.4 Å². The number of pyridine rings is 1. The molecule has 2 aromatic rings. The monoisotopic (exact) mass is 408 g/mol. The number of piperazine rings is 1. The van der Waals surface area contributed by atoms with Gasteiger partial charge in [-0.15, -0.1) is 0 Å². The van der Waals surface area contributed by atoms with Crippen LogP contribution in [0.3, 0.4) is 0 Å². The molecule has 4 heterocycles. The number of nitrogens with one attached hydrogen (secondary N) is 1. The van der Waals surface area contributed by atoms with Crippen LogP contribution in [-0.4, -0.2) is 62.1 Å². The lowest BCUT2D eigenvalue weighted by molar-refractivity contribution is 0.0996. The summed E-state index contributed by atoms with van der Waals surface area (Å²) in [7, 11) is 2.14. The minimum absolute atomic E-state index is 0.118.